The molecule has 0 unspecified atom stereocenters. The summed E-state index contributed by atoms with van der Waals surface area (Å²) in [6, 6.07) is 24.9. The summed E-state index contributed by atoms with van der Waals surface area (Å²) < 4.78 is 7.02. The minimum atomic E-state index is -0.314. The van der Waals surface area contributed by atoms with Crippen molar-refractivity contribution in [3.8, 4) is 5.75 Å². The van der Waals surface area contributed by atoms with E-state index in [0.717, 1.165) is 11.1 Å². The summed E-state index contributed by atoms with van der Waals surface area (Å²) in [6.07, 6.45) is 1.63. The minimum absolute atomic E-state index is 0.128. The Morgan fingerprint density at radius 2 is 1.57 bits per heavy atom. The quantitative estimate of drug-likeness (QED) is 0.513. The maximum absolute atomic E-state index is 13.6. The topological polar surface area (TPSA) is 44.1 Å². The number of rotatable bonds is 5. The van der Waals surface area contributed by atoms with Crippen LogP contribution in [0.15, 0.2) is 90.2 Å². The monoisotopic (exact) mass is 368 g/mol. The third kappa shape index (κ3) is 3.09. The van der Waals surface area contributed by atoms with Gasteiger partial charge in [-0.05, 0) is 35.4 Å². The average molecular weight is 368 g/mol. The van der Waals surface area contributed by atoms with Gasteiger partial charge in [0.2, 0.25) is 0 Å². The third-order valence-electron chi connectivity index (χ3n) is 4.81. The van der Waals surface area contributed by atoms with Crippen LogP contribution < -0.4 is 10.3 Å². The van der Waals surface area contributed by atoms with E-state index < -0.39 is 0 Å². The van der Waals surface area contributed by atoms with Crippen LogP contribution in [0.1, 0.15) is 23.0 Å². The summed E-state index contributed by atoms with van der Waals surface area (Å²) in [4.78, 5) is 18.3. The number of aromatic nitrogens is 2. The van der Waals surface area contributed by atoms with E-state index in [1.165, 1.54) is 0 Å². The highest BCUT2D eigenvalue weighted by Crippen LogP contribution is 2.28. The van der Waals surface area contributed by atoms with Gasteiger partial charge in [0.25, 0.3) is 5.56 Å². The lowest BCUT2D eigenvalue weighted by Crippen LogP contribution is -2.29. The van der Waals surface area contributed by atoms with E-state index in [1.54, 1.807) is 36.0 Å². The molecule has 1 aromatic heterocycles. The number of hydrogen-bond acceptors (Lipinski definition) is 3. The summed E-state index contributed by atoms with van der Waals surface area (Å²) in [7, 11) is 1.59. The van der Waals surface area contributed by atoms with Crippen molar-refractivity contribution in [2.24, 2.45) is 0 Å². The molecule has 0 saturated heterocycles. The lowest BCUT2D eigenvalue weighted by Gasteiger charge is -2.23. The van der Waals surface area contributed by atoms with Crippen LogP contribution in [0.2, 0.25) is 0 Å². The predicted molar refractivity (Wildman–Crippen MR) is 113 cm³/mol. The van der Waals surface area contributed by atoms with Crippen LogP contribution in [0.25, 0.3) is 17.0 Å². The van der Waals surface area contributed by atoms with Crippen molar-refractivity contribution in [1.29, 1.82) is 0 Å². The maximum atomic E-state index is 13.6. The lowest BCUT2D eigenvalue weighted by molar-refractivity contribution is 0.415. The Bertz CT molecular complexity index is 1140. The zero-order chi connectivity index (χ0) is 19.5. The highest BCUT2D eigenvalue weighted by molar-refractivity contribution is 5.80. The largest absolute Gasteiger partial charge is 0.497 e. The van der Waals surface area contributed by atoms with Gasteiger partial charge in [0.05, 0.1) is 24.1 Å². The molecule has 1 heterocycles. The molecule has 0 bridgehead atoms. The van der Waals surface area contributed by atoms with Gasteiger partial charge in [0.15, 0.2) is 0 Å². The number of methoxy groups -OCH3 is 1. The van der Waals surface area contributed by atoms with Gasteiger partial charge in [-0.2, -0.15) is 0 Å². The first-order valence-corrected chi connectivity index (χ1v) is 9.05. The van der Waals surface area contributed by atoms with E-state index in [0.29, 0.717) is 22.5 Å². The van der Waals surface area contributed by atoms with Gasteiger partial charge in [-0.3, -0.25) is 9.36 Å². The number of hydrogen-bond donors (Lipinski definition) is 0. The number of benzene rings is 3. The second kappa shape index (κ2) is 7.53. The van der Waals surface area contributed by atoms with Crippen molar-refractivity contribution >= 4 is 17.0 Å². The van der Waals surface area contributed by atoms with Crippen LogP contribution in [0.4, 0.5) is 0 Å². The smallest absolute Gasteiger partial charge is 0.262 e. The molecule has 0 N–H and O–H groups in total. The molecule has 3 aromatic carbocycles. The Morgan fingerprint density at radius 1 is 0.964 bits per heavy atom. The van der Waals surface area contributed by atoms with Gasteiger partial charge >= 0.3 is 0 Å². The molecule has 0 atom stereocenters. The molecule has 0 aliphatic heterocycles. The fourth-order valence-corrected chi connectivity index (χ4v) is 3.48. The second-order valence-corrected chi connectivity index (χ2v) is 6.46. The van der Waals surface area contributed by atoms with Crippen LogP contribution >= 0.6 is 0 Å². The van der Waals surface area contributed by atoms with E-state index in [9.17, 15) is 4.79 Å². The number of fused-ring (bicyclic) bond motifs is 1. The zero-order valence-corrected chi connectivity index (χ0v) is 15.6. The van der Waals surface area contributed by atoms with Gasteiger partial charge in [0.1, 0.15) is 11.6 Å². The first-order valence-electron chi connectivity index (χ1n) is 9.05. The molecule has 4 rings (SSSR count). The molecule has 4 aromatic rings. The first kappa shape index (κ1) is 17.7. The standard InChI is InChI=1S/C24H20N2O2/c1-3-22-25-21-15-14-19(28-2)16-20(21)24(27)26(22)23(17-10-6-4-7-11-17)18-12-8-5-9-13-18/h3-16,23H,1H2,2H3. The molecule has 0 radical (unpaired) electrons. The van der Waals surface area contributed by atoms with Crippen LogP contribution in [0, 0.1) is 0 Å². The molecule has 0 spiro atoms. The van der Waals surface area contributed by atoms with Crippen molar-refractivity contribution < 1.29 is 4.74 Å². The fourth-order valence-electron chi connectivity index (χ4n) is 3.48. The molecular formula is C24H20N2O2. The average Bonchev–Trinajstić information content (AvgIpc) is 2.76. The third-order valence-corrected chi connectivity index (χ3v) is 4.81. The van der Waals surface area contributed by atoms with Crippen LogP contribution in [0.5, 0.6) is 5.75 Å². The number of ether oxygens (including phenoxy) is 1. The second-order valence-electron chi connectivity index (χ2n) is 6.46. The van der Waals surface area contributed by atoms with Gasteiger partial charge in [-0.15, -0.1) is 0 Å². The Labute approximate surface area is 163 Å². The molecule has 0 saturated carbocycles. The summed E-state index contributed by atoms with van der Waals surface area (Å²) in [6.45, 7) is 3.90. The maximum Gasteiger partial charge on any atom is 0.262 e. The molecule has 0 amide bonds. The van der Waals surface area contributed by atoms with Gasteiger partial charge < -0.3 is 4.74 Å². The minimum Gasteiger partial charge on any atom is -0.497 e. The highest BCUT2D eigenvalue weighted by atomic mass is 16.5. The van der Waals surface area contributed by atoms with E-state index in [2.05, 4.69) is 6.58 Å². The number of nitrogens with zero attached hydrogens (tertiary/aromatic N) is 2. The fraction of sp³-hybridized carbons (Fsp3) is 0.0833. The van der Waals surface area contributed by atoms with E-state index in [1.807, 2.05) is 60.7 Å². The molecular weight excluding hydrogens is 348 g/mol. The molecule has 0 aliphatic rings. The summed E-state index contributed by atoms with van der Waals surface area (Å²) in [5.74, 6) is 1.15. The van der Waals surface area contributed by atoms with Crippen molar-refractivity contribution in [3.63, 3.8) is 0 Å². The van der Waals surface area contributed by atoms with Crippen LogP contribution in [-0.4, -0.2) is 16.7 Å². The normalized spacial score (nSPS) is 10.9. The molecule has 28 heavy (non-hydrogen) atoms. The van der Waals surface area contributed by atoms with E-state index >= 15 is 0 Å². The van der Waals surface area contributed by atoms with Crippen LogP contribution in [0.3, 0.4) is 0 Å². The van der Waals surface area contributed by atoms with Crippen molar-refractivity contribution in [2.45, 2.75) is 6.04 Å². The molecule has 0 aliphatic carbocycles. The Morgan fingerprint density at radius 3 is 2.11 bits per heavy atom. The van der Waals surface area contributed by atoms with Crippen molar-refractivity contribution in [2.75, 3.05) is 7.11 Å². The van der Waals surface area contributed by atoms with Crippen molar-refractivity contribution in [3.05, 3.63) is 113 Å². The SMILES string of the molecule is C=Cc1nc2ccc(OC)cc2c(=O)n1C(c1ccccc1)c1ccccc1. The zero-order valence-electron chi connectivity index (χ0n) is 15.6. The summed E-state index contributed by atoms with van der Waals surface area (Å²) >= 11 is 0. The molecule has 4 heteroatoms. The molecule has 4 nitrogen and oxygen atoms in total. The Balaban J connectivity index is 2.07. The molecule has 0 fully saturated rings. The summed E-state index contributed by atoms with van der Waals surface area (Å²) in [5, 5.41) is 0.516. The molecule has 138 valence electrons. The highest BCUT2D eigenvalue weighted by Gasteiger charge is 2.22. The lowest BCUT2D eigenvalue weighted by atomic mass is 9.98. The van der Waals surface area contributed by atoms with Gasteiger partial charge in [-0.25, -0.2) is 4.98 Å². The summed E-state index contributed by atoms with van der Waals surface area (Å²) in [5.41, 5.74) is 2.50. The van der Waals surface area contributed by atoms with Crippen LogP contribution in [-0.2, 0) is 0 Å². The first-order chi connectivity index (χ1) is 13.7. The van der Waals surface area contributed by atoms with Crippen molar-refractivity contribution in [1.82, 2.24) is 9.55 Å². The predicted octanol–water partition coefficient (Wildman–Crippen LogP) is 4.69. The Hall–Kier alpha value is -3.66. The van der Waals surface area contributed by atoms with E-state index in [-0.39, 0.29) is 11.6 Å². The van der Waals surface area contributed by atoms with E-state index in [4.69, 9.17) is 9.72 Å². The van der Waals surface area contributed by atoms with Gasteiger partial charge in [0, 0.05) is 0 Å². The Kier molecular flexibility index (Phi) is 4.77. The van der Waals surface area contributed by atoms with Gasteiger partial charge in [-0.1, -0.05) is 67.2 Å².